The van der Waals surface area contributed by atoms with Crippen LogP contribution in [-0.2, 0) is 28.5 Å². The number of esters is 2. The molecule has 1 unspecified atom stereocenters. The lowest BCUT2D eigenvalue weighted by atomic mass is 10.0. The third-order valence-electron chi connectivity index (χ3n) is 3.26. The maximum absolute atomic E-state index is 12.1. The fourth-order valence-corrected chi connectivity index (χ4v) is 2.19. The van der Waals surface area contributed by atoms with Gasteiger partial charge in [0.25, 0.3) is 0 Å². The minimum absolute atomic E-state index is 0.0820. The Kier molecular flexibility index (Phi) is 6.80. The van der Waals surface area contributed by atoms with E-state index in [1.165, 1.54) is 19.1 Å². The number of hydrogen-bond donors (Lipinski definition) is 0. The predicted octanol–water partition coefficient (Wildman–Crippen LogP) is 0.975. The van der Waals surface area contributed by atoms with Gasteiger partial charge in [0.1, 0.15) is 5.60 Å². The maximum atomic E-state index is 12.1. The van der Waals surface area contributed by atoms with Crippen molar-refractivity contribution in [1.29, 1.82) is 0 Å². The van der Waals surface area contributed by atoms with Crippen LogP contribution in [0.1, 0.15) is 27.2 Å². The molecule has 0 bridgehead atoms. The maximum Gasteiger partial charge on any atom is 0.410 e. The van der Waals surface area contributed by atoms with Crippen molar-refractivity contribution in [2.75, 3.05) is 33.9 Å². The van der Waals surface area contributed by atoms with E-state index in [9.17, 15) is 14.4 Å². The van der Waals surface area contributed by atoms with Gasteiger partial charge in [-0.05, 0) is 27.2 Å². The molecule has 8 nitrogen and oxygen atoms in total. The normalized spacial score (nSPS) is 18.5. The number of ether oxygens (including phenoxy) is 4. The van der Waals surface area contributed by atoms with Gasteiger partial charge in [0.2, 0.25) is 0 Å². The summed E-state index contributed by atoms with van der Waals surface area (Å²) in [7, 11) is 2.40. The topological polar surface area (TPSA) is 91.4 Å². The van der Waals surface area contributed by atoms with Crippen molar-refractivity contribution in [3.05, 3.63) is 0 Å². The van der Waals surface area contributed by atoms with E-state index in [1.807, 2.05) is 0 Å². The van der Waals surface area contributed by atoms with Gasteiger partial charge in [0, 0.05) is 6.54 Å². The molecule has 1 rings (SSSR count). The van der Waals surface area contributed by atoms with Crippen LogP contribution >= 0.6 is 0 Å². The van der Waals surface area contributed by atoms with Gasteiger partial charge in [-0.1, -0.05) is 0 Å². The fraction of sp³-hybridized carbons (Fsp3) is 0.800. The largest absolute Gasteiger partial charge is 0.468 e. The van der Waals surface area contributed by atoms with Gasteiger partial charge >= 0.3 is 18.0 Å². The van der Waals surface area contributed by atoms with Crippen molar-refractivity contribution >= 4 is 18.0 Å². The number of carbonyl (C=O) groups excluding carboxylic acids is 3. The van der Waals surface area contributed by atoms with E-state index in [4.69, 9.17) is 9.47 Å². The second kappa shape index (κ2) is 8.14. The Bertz CT molecular complexity index is 428. The second-order valence-electron chi connectivity index (χ2n) is 6.25. The highest BCUT2D eigenvalue weighted by molar-refractivity contribution is 5.94. The summed E-state index contributed by atoms with van der Waals surface area (Å²) in [6.45, 7) is 6.29. The lowest BCUT2D eigenvalue weighted by Gasteiger charge is -2.34. The van der Waals surface area contributed by atoms with Crippen molar-refractivity contribution < 1.29 is 33.3 Å². The Hall–Kier alpha value is -1.83. The summed E-state index contributed by atoms with van der Waals surface area (Å²) in [6.07, 6.45) is -0.837. The quantitative estimate of drug-likeness (QED) is 0.431. The third-order valence-corrected chi connectivity index (χ3v) is 3.26. The Balaban J connectivity index is 2.68. The van der Waals surface area contributed by atoms with E-state index >= 15 is 0 Å². The minimum atomic E-state index is -1.08. The number of amides is 1. The average molecular weight is 331 g/mol. The monoisotopic (exact) mass is 331 g/mol. The molecule has 1 aliphatic rings. The van der Waals surface area contributed by atoms with Crippen LogP contribution in [0, 0.1) is 5.92 Å². The van der Waals surface area contributed by atoms with E-state index in [0.717, 1.165) is 0 Å². The van der Waals surface area contributed by atoms with Crippen molar-refractivity contribution in [3.8, 4) is 0 Å². The lowest BCUT2D eigenvalue weighted by Crippen LogP contribution is -2.48. The first-order valence-corrected chi connectivity index (χ1v) is 7.43. The molecule has 0 saturated carbocycles. The van der Waals surface area contributed by atoms with Gasteiger partial charge in [-0.15, -0.1) is 0 Å². The van der Waals surface area contributed by atoms with Gasteiger partial charge in [-0.25, -0.2) is 4.79 Å². The molecule has 0 aromatic heterocycles. The van der Waals surface area contributed by atoms with E-state index < -0.39 is 35.7 Å². The number of rotatable bonds is 4. The van der Waals surface area contributed by atoms with Crippen molar-refractivity contribution in [1.82, 2.24) is 4.90 Å². The molecule has 8 heteroatoms. The Morgan fingerprint density at radius 2 is 1.74 bits per heavy atom. The molecule has 0 aromatic carbocycles. The smallest absolute Gasteiger partial charge is 0.410 e. The summed E-state index contributed by atoms with van der Waals surface area (Å²) in [4.78, 5) is 37.0. The molecule has 1 amide bonds. The van der Waals surface area contributed by atoms with E-state index in [2.05, 4.69) is 9.47 Å². The SMILES string of the molecule is COC(=O)C(CC1CN(C(=O)OC(C)(C)C)CCO1)C(=O)OC. The number of carbonyl (C=O) groups is 3. The molecular weight excluding hydrogens is 306 g/mol. The molecule has 1 saturated heterocycles. The molecular formula is C15H25NO7. The van der Waals surface area contributed by atoms with Crippen LogP contribution in [0.25, 0.3) is 0 Å². The fourth-order valence-electron chi connectivity index (χ4n) is 2.19. The number of methoxy groups -OCH3 is 2. The van der Waals surface area contributed by atoms with Crippen LogP contribution in [0.15, 0.2) is 0 Å². The Labute approximate surface area is 136 Å². The summed E-state index contributed by atoms with van der Waals surface area (Å²) in [5, 5.41) is 0. The molecule has 0 aliphatic carbocycles. The molecule has 1 heterocycles. The van der Waals surface area contributed by atoms with Gasteiger partial charge in [0.15, 0.2) is 5.92 Å². The van der Waals surface area contributed by atoms with Gasteiger partial charge in [-0.2, -0.15) is 0 Å². The third kappa shape index (κ3) is 6.05. The van der Waals surface area contributed by atoms with Crippen LogP contribution < -0.4 is 0 Å². The van der Waals surface area contributed by atoms with Crippen LogP contribution in [-0.4, -0.2) is 68.6 Å². The standard InChI is InChI=1S/C15H25NO7/c1-15(2,3)23-14(19)16-6-7-22-10(9-16)8-11(12(17)20-4)13(18)21-5/h10-11H,6-9H2,1-5H3. The van der Waals surface area contributed by atoms with Crippen molar-refractivity contribution in [3.63, 3.8) is 0 Å². The van der Waals surface area contributed by atoms with Crippen LogP contribution in [0.5, 0.6) is 0 Å². The van der Waals surface area contributed by atoms with Crippen LogP contribution in [0.3, 0.4) is 0 Å². The number of nitrogens with zero attached hydrogens (tertiary/aromatic N) is 1. The summed E-state index contributed by atoms with van der Waals surface area (Å²) < 4.78 is 20.1. The molecule has 132 valence electrons. The highest BCUT2D eigenvalue weighted by Gasteiger charge is 2.35. The number of morpholine rings is 1. The van der Waals surface area contributed by atoms with Gasteiger partial charge < -0.3 is 23.8 Å². The zero-order chi connectivity index (χ0) is 17.6. The molecule has 0 radical (unpaired) electrons. The molecule has 1 aliphatic heterocycles. The molecule has 0 spiro atoms. The van der Waals surface area contributed by atoms with E-state index in [1.54, 1.807) is 20.8 Å². The van der Waals surface area contributed by atoms with Crippen LogP contribution in [0.4, 0.5) is 4.79 Å². The first-order chi connectivity index (χ1) is 10.7. The summed E-state index contributed by atoms with van der Waals surface area (Å²) in [5.41, 5.74) is -0.592. The van der Waals surface area contributed by atoms with Gasteiger partial charge in [-0.3, -0.25) is 9.59 Å². The van der Waals surface area contributed by atoms with E-state index in [-0.39, 0.29) is 13.0 Å². The zero-order valence-electron chi connectivity index (χ0n) is 14.3. The zero-order valence-corrected chi connectivity index (χ0v) is 14.3. The highest BCUT2D eigenvalue weighted by Crippen LogP contribution is 2.19. The van der Waals surface area contributed by atoms with Crippen molar-refractivity contribution in [2.45, 2.75) is 38.9 Å². The molecule has 0 aromatic rings. The minimum Gasteiger partial charge on any atom is -0.468 e. The first kappa shape index (κ1) is 19.2. The molecule has 1 atom stereocenters. The van der Waals surface area contributed by atoms with Crippen LogP contribution in [0.2, 0.25) is 0 Å². The Morgan fingerprint density at radius 1 is 1.17 bits per heavy atom. The first-order valence-electron chi connectivity index (χ1n) is 7.43. The van der Waals surface area contributed by atoms with Gasteiger partial charge in [0.05, 0.1) is 33.5 Å². The summed E-state index contributed by atoms with van der Waals surface area (Å²) >= 11 is 0. The lowest BCUT2D eigenvalue weighted by molar-refractivity contribution is -0.161. The molecule has 1 fully saturated rings. The van der Waals surface area contributed by atoms with Crippen molar-refractivity contribution in [2.24, 2.45) is 5.92 Å². The molecule has 23 heavy (non-hydrogen) atoms. The highest BCUT2D eigenvalue weighted by atomic mass is 16.6. The molecule has 0 N–H and O–H groups in total. The average Bonchev–Trinajstić information content (AvgIpc) is 2.49. The predicted molar refractivity (Wildman–Crippen MR) is 79.7 cm³/mol. The Morgan fingerprint density at radius 3 is 2.22 bits per heavy atom. The summed E-state index contributed by atoms with van der Waals surface area (Å²) in [5.74, 6) is -2.45. The summed E-state index contributed by atoms with van der Waals surface area (Å²) in [6, 6.07) is 0. The number of hydrogen-bond acceptors (Lipinski definition) is 7. The van der Waals surface area contributed by atoms with E-state index in [0.29, 0.717) is 13.2 Å². The second-order valence-corrected chi connectivity index (χ2v) is 6.25.